The van der Waals surface area contributed by atoms with Crippen molar-refractivity contribution in [1.29, 1.82) is 0 Å². The normalized spacial score (nSPS) is 9.51. The third-order valence-electron chi connectivity index (χ3n) is 6.09. The van der Waals surface area contributed by atoms with E-state index in [0.29, 0.717) is 0 Å². The number of nitroso groups, excluding NO2 is 2. The maximum atomic E-state index is 7.25. The molecule has 6 rings (SSSR count). The van der Waals surface area contributed by atoms with E-state index in [9.17, 15) is 0 Å². The molecule has 0 aliphatic carbocycles. The molecule has 0 saturated carbocycles. The van der Waals surface area contributed by atoms with Crippen molar-refractivity contribution in [3.05, 3.63) is 192 Å². The van der Waals surface area contributed by atoms with E-state index in [4.69, 9.17) is 21.0 Å². The van der Waals surface area contributed by atoms with Crippen LogP contribution < -0.4 is 43.0 Å². The van der Waals surface area contributed by atoms with E-state index in [1.807, 2.05) is 0 Å². The molecule has 0 aliphatic rings. The van der Waals surface area contributed by atoms with Crippen molar-refractivity contribution in [3.63, 3.8) is 0 Å². The molecule has 0 fully saturated rings. The van der Waals surface area contributed by atoms with Gasteiger partial charge < -0.3 is 0 Å². The summed E-state index contributed by atoms with van der Waals surface area (Å²) in [4.78, 5) is 14.5. The molecule has 0 amide bonds. The number of nitrogens with zero attached hydrogens (tertiary/aromatic N) is 2. The van der Waals surface area contributed by atoms with Gasteiger partial charge in [-0.15, -0.1) is 9.81 Å². The molecule has 0 aliphatic heterocycles. The largest absolute Gasteiger partial charge is 0.120 e. The summed E-state index contributed by atoms with van der Waals surface area (Å²) in [6.45, 7) is 0. The van der Waals surface area contributed by atoms with E-state index in [2.05, 4.69) is 209 Å². The van der Waals surface area contributed by atoms with Crippen molar-refractivity contribution in [2.24, 2.45) is 0 Å². The molecule has 0 unspecified atom stereocenters. The van der Waals surface area contributed by atoms with Gasteiger partial charge in [-0.25, -0.2) is 0 Å². The SMILES string of the molecule is [Br][Re][Br].[N]=O.[N]=O.c1ccc(P(c2ccccc2)c2ccccc2)cc1.c1ccc(P(c2ccccc2)c2ccccc2)cc1. The van der Waals surface area contributed by atoms with Gasteiger partial charge in [0, 0.05) is 0 Å². The predicted molar refractivity (Wildman–Crippen MR) is 199 cm³/mol. The minimum absolute atomic E-state index is 0.0417. The second-order valence-corrected chi connectivity index (χ2v) is 25.1. The number of hydrogen-bond acceptors (Lipinski definition) is 2. The first-order valence-corrected chi connectivity index (χ1v) is 28.0. The summed E-state index contributed by atoms with van der Waals surface area (Å²) in [6, 6.07) is 64.7. The quantitative estimate of drug-likeness (QED) is 0.161. The first kappa shape index (κ1) is 38.2. The maximum absolute atomic E-state index is 7.25. The van der Waals surface area contributed by atoms with Crippen LogP contribution in [0.5, 0.6) is 0 Å². The molecule has 227 valence electrons. The fourth-order valence-electron chi connectivity index (χ4n) is 4.36. The van der Waals surface area contributed by atoms with E-state index in [1.165, 1.54) is 31.8 Å². The molecule has 0 heterocycles. The zero-order chi connectivity index (χ0) is 32.5. The molecule has 4 nitrogen and oxygen atoms in total. The van der Waals surface area contributed by atoms with Gasteiger partial charge in [-0.2, -0.15) is 0 Å². The van der Waals surface area contributed by atoms with Gasteiger partial charge in [-0.05, 0) is 47.7 Å². The Hall–Kier alpha value is -3.00. The second kappa shape index (κ2) is 24.3. The Morgan fingerprint density at radius 1 is 0.311 bits per heavy atom. The van der Waals surface area contributed by atoms with E-state index >= 15 is 0 Å². The second-order valence-electron chi connectivity index (χ2n) is 8.74. The molecule has 0 aromatic heterocycles. The molecule has 6 aromatic carbocycles. The summed E-state index contributed by atoms with van der Waals surface area (Å²) in [5.41, 5.74) is 11.5. The molecule has 0 N–H and O–H groups in total. The zero-order valence-electron chi connectivity index (χ0n) is 24.1. The van der Waals surface area contributed by atoms with Gasteiger partial charge in [0.15, 0.2) is 0 Å². The van der Waals surface area contributed by atoms with Crippen molar-refractivity contribution in [1.82, 2.24) is 11.2 Å². The van der Waals surface area contributed by atoms with Crippen molar-refractivity contribution >= 4 is 74.5 Å². The summed E-state index contributed by atoms with van der Waals surface area (Å²) >= 11 is 6.39. The Morgan fingerprint density at radius 3 is 0.533 bits per heavy atom. The molecule has 0 spiro atoms. The predicted octanol–water partition coefficient (Wildman–Crippen LogP) is 7.68. The van der Waals surface area contributed by atoms with Crippen molar-refractivity contribution in [2.75, 3.05) is 0 Å². The van der Waals surface area contributed by atoms with Gasteiger partial charge in [0.05, 0.1) is 0 Å². The first-order valence-electron chi connectivity index (χ1n) is 13.5. The van der Waals surface area contributed by atoms with Gasteiger partial charge in [0.2, 0.25) is 0 Å². The van der Waals surface area contributed by atoms with E-state index in [1.54, 1.807) is 0 Å². The third kappa shape index (κ3) is 13.1. The van der Waals surface area contributed by atoms with Crippen LogP contribution in [0.1, 0.15) is 0 Å². The summed E-state index contributed by atoms with van der Waals surface area (Å²) in [6.07, 6.45) is 0. The molecule has 6 aromatic rings. The fraction of sp³-hybridized carbons (Fsp3) is 0. The minimum atomic E-state index is -0.446. The van der Waals surface area contributed by atoms with Crippen LogP contribution >= 0.6 is 42.7 Å². The molecular weight excluding hydrogens is 900 g/mol. The minimum Gasteiger partial charge on any atom is -0.120 e. The fourth-order valence-corrected chi connectivity index (χ4v) is 8.97. The van der Waals surface area contributed by atoms with Crippen LogP contribution in [0.15, 0.2) is 182 Å². The van der Waals surface area contributed by atoms with Gasteiger partial charge in [-0.1, -0.05) is 182 Å². The van der Waals surface area contributed by atoms with Crippen LogP contribution in [0.25, 0.3) is 0 Å². The van der Waals surface area contributed by atoms with Crippen molar-refractivity contribution in [2.45, 2.75) is 0 Å². The Labute approximate surface area is 289 Å². The summed E-state index contributed by atoms with van der Waals surface area (Å²) < 4.78 is 0. The van der Waals surface area contributed by atoms with Crippen LogP contribution in [0, 0.1) is 9.81 Å². The van der Waals surface area contributed by atoms with Crippen LogP contribution in [0.2, 0.25) is 0 Å². The monoisotopic (exact) mass is 929 g/mol. The van der Waals surface area contributed by atoms with Crippen LogP contribution in [0.4, 0.5) is 0 Å². The van der Waals surface area contributed by atoms with Gasteiger partial charge in [0.25, 0.3) is 0 Å². The molecule has 2 radical (unpaired) electrons. The smallest absolute Gasteiger partial charge is 0.120 e. The Morgan fingerprint density at radius 2 is 0.422 bits per heavy atom. The number of rotatable bonds is 6. The van der Waals surface area contributed by atoms with Crippen LogP contribution in [-0.4, -0.2) is 0 Å². The van der Waals surface area contributed by atoms with Gasteiger partial charge in [0.1, 0.15) is 11.2 Å². The third-order valence-corrected chi connectivity index (χ3v) is 11.0. The molecule has 45 heavy (non-hydrogen) atoms. The van der Waals surface area contributed by atoms with Gasteiger partial charge >= 0.3 is 40.8 Å². The Balaban J connectivity index is 0.000000262. The number of halogens is 2. The van der Waals surface area contributed by atoms with Crippen LogP contribution in [-0.2, 0) is 13.9 Å². The maximum Gasteiger partial charge on any atom is 0.120 e. The van der Waals surface area contributed by atoms with E-state index < -0.39 is 15.8 Å². The zero-order valence-corrected chi connectivity index (χ0v) is 31.7. The van der Waals surface area contributed by atoms with Crippen molar-refractivity contribution in [3.8, 4) is 0 Å². The first-order chi connectivity index (χ1) is 22.3. The number of benzene rings is 6. The summed E-state index contributed by atoms with van der Waals surface area (Å²) in [5, 5.41) is 8.39. The van der Waals surface area contributed by atoms with E-state index in [-0.39, 0.29) is 13.9 Å². The Kier molecular flexibility index (Phi) is 20.6. The average molecular weight is 931 g/mol. The molecule has 9 heteroatoms. The molecule has 0 saturated heterocycles. The van der Waals surface area contributed by atoms with Gasteiger partial charge in [-0.3, -0.25) is 0 Å². The standard InChI is InChI=1S/2C18H15P.2BrH.2NO.Re/c2*1-4-10-16(11-5-1)19(17-12-6-2-7-13-17)18-14-8-3-9-15-18;;;2*1-2;/h2*1-15H;2*1H;;;/q;;;;;;+2/p-2. The molecule has 0 bridgehead atoms. The number of hydrogen-bond donors (Lipinski definition) is 0. The Bertz CT molecular complexity index is 1260. The van der Waals surface area contributed by atoms with E-state index in [0.717, 1.165) is 0 Å². The topological polar surface area (TPSA) is 78.7 Å². The molecule has 0 atom stereocenters. The van der Waals surface area contributed by atoms with Crippen LogP contribution in [0.3, 0.4) is 0 Å². The average Bonchev–Trinajstić information content (AvgIpc) is 3.14. The van der Waals surface area contributed by atoms with Crippen molar-refractivity contribution < 1.29 is 13.9 Å². The molecular formula is C36H30Br2N2O2P2Re. The summed E-state index contributed by atoms with van der Waals surface area (Å²) in [7, 11) is -0.892. The summed E-state index contributed by atoms with van der Waals surface area (Å²) in [5.74, 6) is 0.